The molecule has 0 amide bonds. The zero-order valence-electron chi connectivity index (χ0n) is 8.92. The van der Waals surface area contributed by atoms with E-state index in [1.165, 1.54) is 5.39 Å². The summed E-state index contributed by atoms with van der Waals surface area (Å²) in [5.41, 5.74) is 2.19. The monoisotopic (exact) mass is 264 g/mol. The summed E-state index contributed by atoms with van der Waals surface area (Å²) >= 11 is 3.46. The number of benzene rings is 1. The van der Waals surface area contributed by atoms with Gasteiger partial charge >= 0.3 is 0 Å². The lowest BCUT2D eigenvalue weighted by Gasteiger charge is -2.05. The van der Waals surface area contributed by atoms with Crippen LogP contribution < -0.4 is 0 Å². The van der Waals surface area contributed by atoms with Gasteiger partial charge in [-0.05, 0) is 31.5 Å². The van der Waals surface area contributed by atoms with Gasteiger partial charge in [0.15, 0.2) is 0 Å². The van der Waals surface area contributed by atoms with Gasteiger partial charge in [0.2, 0.25) is 0 Å². The maximum absolute atomic E-state index is 4.49. The van der Waals surface area contributed by atoms with Crippen molar-refractivity contribution >= 4 is 26.8 Å². The molecule has 0 atom stereocenters. The van der Waals surface area contributed by atoms with E-state index in [2.05, 4.69) is 38.9 Å². The zero-order chi connectivity index (χ0) is 10.8. The molecule has 0 aliphatic carbocycles. The number of aromatic nitrogens is 2. The molecule has 2 nitrogen and oxygen atoms in total. The predicted molar refractivity (Wildman–Crippen MR) is 66.0 cm³/mol. The Kier molecular flexibility index (Phi) is 3.00. The Labute approximate surface area is 97.9 Å². The van der Waals surface area contributed by atoms with E-state index in [4.69, 9.17) is 0 Å². The van der Waals surface area contributed by atoms with E-state index >= 15 is 0 Å². The van der Waals surface area contributed by atoms with Crippen LogP contribution in [0.5, 0.6) is 0 Å². The highest BCUT2D eigenvalue weighted by molar-refractivity contribution is 9.10. The second kappa shape index (κ2) is 4.27. The molecule has 3 heteroatoms. The normalized spacial score (nSPS) is 10.9. The topological polar surface area (TPSA) is 25.8 Å². The molecule has 2 rings (SSSR count). The Morgan fingerprint density at radius 3 is 2.80 bits per heavy atom. The third kappa shape index (κ3) is 2.17. The molecule has 78 valence electrons. The van der Waals surface area contributed by atoms with Crippen molar-refractivity contribution in [3.05, 3.63) is 34.2 Å². The van der Waals surface area contributed by atoms with Crippen LogP contribution in [0, 0.1) is 6.92 Å². The first-order chi connectivity index (χ1) is 7.20. The highest BCUT2D eigenvalue weighted by Gasteiger charge is 2.04. The first-order valence-corrected chi connectivity index (χ1v) is 5.93. The van der Waals surface area contributed by atoms with Crippen LogP contribution >= 0.6 is 15.9 Å². The summed E-state index contributed by atoms with van der Waals surface area (Å²) in [5.74, 6) is 0.851. The van der Waals surface area contributed by atoms with E-state index in [0.29, 0.717) is 0 Å². The van der Waals surface area contributed by atoms with Gasteiger partial charge in [-0.25, -0.2) is 9.97 Å². The highest BCUT2D eigenvalue weighted by atomic mass is 79.9. The number of hydrogen-bond donors (Lipinski definition) is 0. The van der Waals surface area contributed by atoms with E-state index < -0.39 is 0 Å². The number of nitrogens with zero attached hydrogens (tertiary/aromatic N) is 2. The molecule has 0 spiro atoms. The van der Waals surface area contributed by atoms with Crippen molar-refractivity contribution in [2.75, 3.05) is 0 Å². The largest absolute Gasteiger partial charge is 0.238 e. The zero-order valence-corrected chi connectivity index (χ0v) is 10.5. The van der Waals surface area contributed by atoms with Crippen LogP contribution in [0.3, 0.4) is 0 Å². The lowest BCUT2D eigenvalue weighted by Crippen LogP contribution is -1.97. The lowest BCUT2D eigenvalue weighted by molar-refractivity contribution is 0.873. The summed E-state index contributed by atoms with van der Waals surface area (Å²) in [6.07, 6.45) is 2.13. The smallest absolute Gasteiger partial charge is 0.126 e. The average Bonchev–Trinajstić information content (AvgIpc) is 2.17. The van der Waals surface area contributed by atoms with Crippen LogP contribution in [0.15, 0.2) is 22.7 Å². The van der Waals surface area contributed by atoms with Gasteiger partial charge in [-0.15, -0.1) is 0 Å². The van der Waals surface area contributed by atoms with Crippen LogP contribution in [0.25, 0.3) is 10.9 Å². The minimum atomic E-state index is 0.851. The van der Waals surface area contributed by atoms with Gasteiger partial charge in [-0.2, -0.15) is 0 Å². The Morgan fingerprint density at radius 2 is 2.07 bits per heavy atom. The fraction of sp³-hybridized carbons (Fsp3) is 0.333. The first-order valence-electron chi connectivity index (χ1n) is 5.13. The Bertz CT molecular complexity index is 489. The Morgan fingerprint density at radius 1 is 1.27 bits per heavy atom. The van der Waals surface area contributed by atoms with Gasteiger partial charge in [-0.3, -0.25) is 0 Å². The summed E-state index contributed by atoms with van der Waals surface area (Å²) in [5, 5.41) is 1.17. The molecule has 0 N–H and O–H groups in total. The van der Waals surface area contributed by atoms with Crippen LogP contribution in [-0.2, 0) is 6.42 Å². The third-order valence-electron chi connectivity index (χ3n) is 2.34. The quantitative estimate of drug-likeness (QED) is 0.828. The Balaban J connectivity index is 2.68. The van der Waals surface area contributed by atoms with Crippen molar-refractivity contribution < 1.29 is 0 Å². The fourth-order valence-corrected chi connectivity index (χ4v) is 2.07. The van der Waals surface area contributed by atoms with Crippen LogP contribution in [0.2, 0.25) is 0 Å². The van der Waals surface area contributed by atoms with E-state index in [1.807, 2.05) is 19.1 Å². The molecule has 1 aromatic heterocycles. The molecule has 0 bridgehead atoms. The van der Waals surface area contributed by atoms with Gasteiger partial charge in [0.25, 0.3) is 0 Å². The summed E-state index contributed by atoms with van der Waals surface area (Å²) in [7, 11) is 0. The summed E-state index contributed by atoms with van der Waals surface area (Å²) in [6.45, 7) is 4.11. The summed E-state index contributed by atoms with van der Waals surface area (Å²) < 4.78 is 1.07. The van der Waals surface area contributed by atoms with E-state index in [9.17, 15) is 0 Å². The number of aryl methyl sites for hydroxylation is 2. The minimum absolute atomic E-state index is 0.851. The minimum Gasteiger partial charge on any atom is -0.238 e. The maximum atomic E-state index is 4.49. The number of rotatable bonds is 2. The number of halogens is 1. The summed E-state index contributed by atoms with van der Waals surface area (Å²) in [6, 6.07) is 6.17. The van der Waals surface area contributed by atoms with E-state index in [-0.39, 0.29) is 0 Å². The van der Waals surface area contributed by atoms with Crippen molar-refractivity contribution in [3.8, 4) is 0 Å². The number of fused-ring (bicyclic) bond motifs is 1. The van der Waals surface area contributed by atoms with Crippen molar-refractivity contribution in [2.45, 2.75) is 26.7 Å². The highest BCUT2D eigenvalue weighted by Crippen LogP contribution is 2.21. The molecule has 0 fully saturated rings. The van der Waals surface area contributed by atoms with Crippen molar-refractivity contribution in [1.29, 1.82) is 0 Å². The molecule has 0 unspecified atom stereocenters. The Hall–Kier alpha value is -0.960. The van der Waals surface area contributed by atoms with Crippen molar-refractivity contribution in [3.63, 3.8) is 0 Å². The summed E-state index contributed by atoms with van der Waals surface area (Å²) in [4.78, 5) is 8.93. The molecule has 0 aliphatic heterocycles. The predicted octanol–water partition coefficient (Wildman–Crippen LogP) is 3.65. The molecular formula is C12H13BrN2. The van der Waals surface area contributed by atoms with E-state index in [0.717, 1.165) is 34.3 Å². The molecule has 15 heavy (non-hydrogen) atoms. The van der Waals surface area contributed by atoms with Crippen LogP contribution in [-0.4, -0.2) is 9.97 Å². The second-order valence-corrected chi connectivity index (χ2v) is 4.54. The SMILES string of the molecule is CCCc1nc(C)nc2cc(Br)ccc12. The molecule has 1 heterocycles. The van der Waals surface area contributed by atoms with Crippen LogP contribution in [0.1, 0.15) is 24.9 Å². The molecule has 0 radical (unpaired) electrons. The third-order valence-corrected chi connectivity index (χ3v) is 2.83. The molecule has 2 aromatic rings. The van der Waals surface area contributed by atoms with Gasteiger partial charge in [0.1, 0.15) is 5.82 Å². The lowest BCUT2D eigenvalue weighted by atomic mass is 10.1. The van der Waals surface area contributed by atoms with Crippen molar-refractivity contribution in [1.82, 2.24) is 9.97 Å². The van der Waals surface area contributed by atoms with Gasteiger partial charge in [-0.1, -0.05) is 29.3 Å². The molecular weight excluding hydrogens is 252 g/mol. The van der Waals surface area contributed by atoms with Crippen molar-refractivity contribution in [2.24, 2.45) is 0 Å². The fourth-order valence-electron chi connectivity index (χ4n) is 1.72. The molecule has 0 aliphatic rings. The van der Waals surface area contributed by atoms with E-state index in [1.54, 1.807) is 0 Å². The standard InChI is InChI=1S/C12H13BrN2/c1-3-4-11-10-6-5-9(13)7-12(10)15-8(2)14-11/h5-7H,3-4H2,1-2H3. The van der Waals surface area contributed by atoms with Gasteiger partial charge in [0.05, 0.1) is 11.2 Å². The van der Waals surface area contributed by atoms with Crippen LogP contribution in [0.4, 0.5) is 0 Å². The molecule has 0 saturated heterocycles. The molecule has 1 aromatic carbocycles. The van der Waals surface area contributed by atoms with Gasteiger partial charge in [0, 0.05) is 9.86 Å². The first kappa shape index (κ1) is 10.6. The average molecular weight is 265 g/mol. The van der Waals surface area contributed by atoms with Gasteiger partial charge < -0.3 is 0 Å². The molecule has 0 saturated carbocycles. The maximum Gasteiger partial charge on any atom is 0.126 e. The second-order valence-electron chi connectivity index (χ2n) is 3.63. The number of hydrogen-bond acceptors (Lipinski definition) is 2.